The highest BCUT2D eigenvalue weighted by Gasteiger charge is 2.25. The van der Waals surface area contributed by atoms with Gasteiger partial charge in [-0.3, -0.25) is 9.59 Å². The van der Waals surface area contributed by atoms with Crippen molar-refractivity contribution in [1.82, 2.24) is 15.6 Å². The molecule has 0 saturated carbocycles. The number of ether oxygens (including phenoxy) is 2. The fraction of sp³-hybridized carbons (Fsp3) is 0.346. The average molecular weight is 482 g/mol. The van der Waals surface area contributed by atoms with E-state index in [-0.39, 0.29) is 17.7 Å². The summed E-state index contributed by atoms with van der Waals surface area (Å²) in [5.41, 5.74) is 3.54. The van der Waals surface area contributed by atoms with E-state index in [2.05, 4.69) is 15.6 Å². The third-order valence-corrected chi connectivity index (χ3v) is 6.20. The predicted octanol–water partition coefficient (Wildman–Crippen LogP) is 4.25. The summed E-state index contributed by atoms with van der Waals surface area (Å²) in [4.78, 5) is 30.2. The molecule has 0 bridgehead atoms. The second-order valence-corrected chi connectivity index (χ2v) is 9.35. The number of carbonyl (C=O) groups is 2. The highest BCUT2D eigenvalue weighted by atomic mass is 32.1. The molecule has 2 aromatic carbocycles. The quantitative estimate of drug-likeness (QED) is 0.452. The smallest absolute Gasteiger partial charge is 0.252 e. The molecule has 2 N–H and O–H groups in total. The van der Waals surface area contributed by atoms with Gasteiger partial charge in [0.15, 0.2) is 0 Å². The lowest BCUT2D eigenvalue weighted by atomic mass is 10.0. The van der Waals surface area contributed by atoms with Crippen LogP contribution in [0.4, 0.5) is 0 Å². The summed E-state index contributed by atoms with van der Waals surface area (Å²) in [5.74, 6) is 0.348. The first-order chi connectivity index (χ1) is 16.3. The van der Waals surface area contributed by atoms with Gasteiger partial charge in [0.25, 0.3) is 5.91 Å². The molecule has 0 radical (unpaired) electrons. The second-order valence-electron chi connectivity index (χ2n) is 8.29. The van der Waals surface area contributed by atoms with Gasteiger partial charge in [-0.25, -0.2) is 4.98 Å². The van der Waals surface area contributed by atoms with Crippen molar-refractivity contribution < 1.29 is 19.1 Å². The number of aryl methyl sites for hydroxylation is 1. The third kappa shape index (κ3) is 6.57. The minimum atomic E-state index is -0.667. The molecule has 8 heteroatoms. The molecule has 0 fully saturated rings. The molecule has 1 atom stereocenters. The number of rotatable bonds is 10. The number of carbonyl (C=O) groups excluding carboxylic acids is 2. The van der Waals surface area contributed by atoms with Crippen LogP contribution in [0.5, 0.6) is 11.5 Å². The van der Waals surface area contributed by atoms with E-state index in [0.29, 0.717) is 30.0 Å². The number of nitrogens with one attached hydrogen (secondary N) is 2. The number of hydrogen-bond donors (Lipinski definition) is 2. The highest BCUT2D eigenvalue weighted by Crippen LogP contribution is 2.23. The Morgan fingerprint density at radius 3 is 2.21 bits per heavy atom. The average Bonchev–Trinajstić information content (AvgIpc) is 3.28. The highest BCUT2D eigenvalue weighted by molar-refractivity contribution is 7.09. The van der Waals surface area contributed by atoms with Crippen LogP contribution in [0.3, 0.4) is 0 Å². The number of hydrogen-bond acceptors (Lipinski definition) is 6. The Balaban J connectivity index is 1.57. The summed E-state index contributed by atoms with van der Waals surface area (Å²) in [6.07, 6.45) is 0.688. The summed E-state index contributed by atoms with van der Waals surface area (Å²) in [6, 6.07) is 12.4. The van der Waals surface area contributed by atoms with E-state index in [1.165, 1.54) is 14.2 Å². The van der Waals surface area contributed by atoms with Crippen molar-refractivity contribution in [3.05, 3.63) is 64.0 Å². The van der Waals surface area contributed by atoms with E-state index in [0.717, 1.165) is 21.8 Å². The molecule has 1 heterocycles. The number of nitrogens with zero attached hydrogens (tertiary/aromatic N) is 1. The summed E-state index contributed by atoms with van der Waals surface area (Å²) in [5, 5.41) is 8.88. The largest absolute Gasteiger partial charge is 0.497 e. The van der Waals surface area contributed by atoms with Crippen molar-refractivity contribution >= 4 is 23.2 Å². The summed E-state index contributed by atoms with van der Waals surface area (Å²) in [7, 11) is 3.04. The number of methoxy groups -OCH3 is 2. The van der Waals surface area contributed by atoms with Crippen LogP contribution in [0.25, 0.3) is 11.3 Å². The standard InChI is InChI=1S/C26H31N3O4S/c1-16(2)24(29-25(30)20-12-21(32-4)14-22(13-20)33-5)26(31)27-11-10-18-6-8-19(9-7-18)23-15-34-17(3)28-23/h6-9,12-16,24H,10-11H2,1-5H3,(H,27,31)(H,29,30). The van der Waals surface area contributed by atoms with Gasteiger partial charge in [0, 0.05) is 29.1 Å². The van der Waals surface area contributed by atoms with Gasteiger partial charge in [-0.1, -0.05) is 38.1 Å². The molecular formula is C26H31N3O4S. The van der Waals surface area contributed by atoms with Crippen LogP contribution in [-0.2, 0) is 11.2 Å². The predicted molar refractivity (Wildman–Crippen MR) is 135 cm³/mol. The number of aromatic nitrogens is 1. The third-order valence-electron chi connectivity index (χ3n) is 5.43. The van der Waals surface area contributed by atoms with Gasteiger partial charge in [0.05, 0.1) is 24.9 Å². The van der Waals surface area contributed by atoms with Gasteiger partial charge < -0.3 is 20.1 Å². The monoisotopic (exact) mass is 481 g/mol. The van der Waals surface area contributed by atoms with Gasteiger partial charge in [0.1, 0.15) is 17.5 Å². The van der Waals surface area contributed by atoms with Gasteiger partial charge in [-0.15, -0.1) is 11.3 Å². The first-order valence-electron chi connectivity index (χ1n) is 11.1. The van der Waals surface area contributed by atoms with Crippen LogP contribution in [0.1, 0.15) is 34.8 Å². The summed E-state index contributed by atoms with van der Waals surface area (Å²) in [6.45, 7) is 6.26. The lowest BCUT2D eigenvalue weighted by Gasteiger charge is -2.22. The molecule has 0 aliphatic heterocycles. The Hall–Kier alpha value is -3.39. The molecule has 1 unspecified atom stereocenters. The van der Waals surface area contributed by atoms with E-state index in [9.17, 15) is 9.59 Å². The molecular weight excluding hydrogens is 450 g/mol. The Morgan fingerprint density at radius 1 is 1.03 bits per heavy atom. The van der Waals surface area contributed by atoms with Gasteiger partial charge in [-0.05, 0) is 37.0 Å². The van der Waals surface area contributed by atoms with Crippen LogP contribution in [0.15, 0.2) is 47.8 Å². The Labute approximate surface area is 204 Å². The Kier molecular flexibility index (Phi) is 8.65. The van der Waals surface area contributed by atoms with E-state index in [1.54, 1.807) is 29.5 Å². The van der Waals surface area contributed by atoms with Crippen LogP contribution in [0, 0.1) is 12.8 Å². The molecule has 2 amide bonds. The summed E-state index contributed by atoms with van der Waals surface area (Å²) < 4.78 is 10.5. The second kappa shape index (κ2) is 11.7. The van der Waals surface area contributed by atoms with E-state index >= 15 is 0 Å². The van der Waals surface area contributed by atoms with Crippen LogP contribution < -0.4 is 20.1 Å². The maximum Gasteiger partial charge on any atom is 0.252 e. The molecule has 0 spiro atoms. The number of thiazole rings is 1. The fourth-order valence-electron chi connectivity index (χ4n) is 3.48. The maximum atomic E-state index is 12.8. The van der Waals surface area contributed by atoms with Crippen molar-refractivity contribution in [3.63, 3.8) is 0 Å². The molecule has 0 aliphatic carbocycles. The molecule has 3 rings (SSSR count). The zero-order valence-corrected chi connectivity index (χ0v) is 21.0. The molecule has 7 nitrogen and oxygen atoms in total. The first-order valence-corrected chi connectivity index (χ1v) is 12.0. The van der Waals surface area contributed by atoms with Gasteiger partial charge in [0.2, 0.25) is 5.91 Å². The molecule has 3 aromatic rings. The summed E-state index contributed by atoms with van der Waals surface area (Å²) >= 11 is 1.63. The topological polar surface area (TPSA) is 89.5 Å². The molecule has 0 saturated heterocycles. The van der Waals surface area contributed by atoms with E-state index < -0.39 is 6.04 Å². The van der Waals surface area contributed by atoms with Crippen molar-refractivity contribution in [2.45, 2.75) is 33.2 Å². The maximum absolute atomic E-state index is 12.8. The number of benzene rings is 2. The van der Waals surface area contributed by atoms with Gasteiger partial charge in [-0.2, -0.15) is 0 Å². The molecule has 0 aliphatic rings. The number of amides is 2. The van der Waals surface area contributed by atoms with Crippen LogP contribution in [-0.4, -0.2) is 43.6 Å². The van der Waals surface area contributed by atoms with Crippen LogP contribution in [0.2, 0.25) is 0 Å². The van der Waals surface area contributed by atoms with E-state index in [4.69, 9.17) is 9.47 Å². The lowest BCUT2D eigenvalue weighted by molar-refractivity contribution is -0.123. The molecule has 34 heavy (non-hydrogen) atoms. The Bertz CT molecular complexity index is 1100. The zero-order valence-electron chi connectivity index (χ0n) is 20.2. The molecule has 180 valence electrons. The minimum absolute atomic E-state index is 0.0858. The van der Waals surface area contributed by atoms with Crippen LogP contribution >= 0.6 is 11.3 Å². The van der Waals surface area contributed by atoms with Gasteiger partial charge >= 0.3 is 0 Å². The van der Waals surface area contributed by atoms with Crippen molar-refractivity contribution in [1.29, 1.82) is 0 Å². The first kappa shape index (κ1) is 25.2. The lowest BCUT2D eigenvalue weighted by Crippen LogP contribution is -2.50. The fourth-order valence-corrected chi connectivity index (χ4v) is 4.10. The van der Waals surface area contributed by atoms with E-state index in [1.807, 2.05) is 50.4 Å². The van der Waals surface area contributed by atoms with Crippen molar-refractivity contribution in [3.8, 4) is 22.8 Å². The van der Waals surface area contributed by atoms with Crippen molar-refractivity contribution in [2.75, 3.05) is 20.8 Å². The Morgan fingerprint density at radius 2 is 1.68 bits per heavy atom. The SMILES string of the molecule is COc1cc(OC)cc(C(=O)NC(C(=O)NCCc2ccc(-c3csc(C)n3)cc2)C(C)C)c1. The molecule has 1 aromatic heterocycles. The zero-order chi connectivity index (χ0) is 24.7. The van der Waals surface area contributed by atoms with Crippen molar-refractivity contribution in [2.24, 2.45) is 5.92 Å². The normalized spacial score (nSPS) is 11.7. The minimum Gasteiger partial charge on any atom is -0.497 e.